The highest BCUT2D eigenvalue weighted by atomic mass is 16.5. The summed E-state index contributed by atoms with van der Waals surface area (Å²) in [5.74, 6) is 1.69. The normalized spacial score (nSPS) is 19.5. The number of imidazole rings is 1. The number of ether oxygens (including phenoxy) is 1. The van der Waals surface area contributed by atoms with Crippen molar-refractivity contribution >= 4 is 29.0 Å². The molecule has 2 amide bonds. The molecule has 2 fully saturated rings. The SMILES string of the molecule is Nc1nccn2c(C3CCCN(C(=O)C4CCOC4)C3)nc(-c3ccc(C(=O)Nc4ccccn4)cc3)c12. The van der Waals surface area contributed by atoms with Gasteiger partial charge in [-0.05, 0) is 43.5 Å². The molecule has 1 aromatic carbocycles. The molecule has 0 bridgehead atoms. The van der Waals surface area contributed by atoms with Crippen LogP contribution in [0.15, 0.2) is 61.1 Å². The highest BCUT2D eigenvalue weighted by Crippen LogP contribution is 2.34. The average Bonchev–Trinajstić information content (AvgIpc) is 3.63. The quantitative estimate of drug-likeness (QED) is 0.420. The first-order chi connectivity index (χ1) is 18.6. The zero-order valence-electron chi connectivity index (χ0n) is 20.9. The van der Waals surface area contributed by atoms with Crippen LogP contribution in [0.25, 0.3) is 16.8 Å². The van der Waals surface area contributed by atoms with Crippen molar-refractivity contribution in [1.82, 2.24) is 24.3 Å². The molecule has 2 saturated heterocycles. The Hall–Kier alpha value is -4.31. The molecule has 10 heteroatoms. The van der Waals surface area contributed by atoms with Gasteiger partial charge in [-0.1, -0.05) is 18.2 Å². The van der Waals surface area contributed by atoms with E-state index in [1.54, 1.807) is 36.7 Å². The molecule has 3 aromatic heterocycles. The van der Waals surface area contributed by atoms with Gasteiger partial charge in [0.15, 0.2) is 0 Å². The van der Waals surface area contributed by atoms with Gasteiger partial charge in [-0.15, -0.1) is 0 Å². The molecule has 0 saturated carbocycles. The maximum Gasteiger partial charge on any atom is 0.256 e. The lowest BCUT2D eigenvalue weighted by Crippen LogP contribution is -2.42. The molecule has 2 aliphatic rings. The maximum absolute atomic E-state index is 13.1. The summed E-state index contributed by atoms with van der Waals surface area (Å²) in [6, 6.07) is 12.6. The van der Waals surface area contributed by atoms with Crippen molar-refractivity contribution in [2.24, 2.45) is 5.92 Å². The van der Waals surface area contributed by atoms with E-state index < -0.39 is 0 Å². The van der Waals surface area contributed by atoms with E-state index in [1.165, 1.54) is 0 Å². The Bertz CT molecular complexity index is 1460. The fourth-order valence-electron chi connectivity index (χ4n) is 5.36. The second-order valence-electron chi connectivity index (χ2n) is 9.78. The molecule has 0 aliphatic carbocycles. The summed E-state index contributed by atoms with van der Waals surface area (Å²) >= 11 is 0. The van der Waals surface area contributed by atoms with E-state index in [-0.39, 0.29) is 23.7 Å². The third kappa shape index (κ3) is 4.58. The minimum Gasteiger partial charge on any atom is -0.382 e. The first-order valence-corrected chi connectivity index (χ1v) is 12.9. The van der Waals surface area contributed by atoms with Gasteiger partial charge in [0, 0.05) is 55.3 Å². The monoisotopic (exact) mass is 511 g/mol. The number of hydrogen-bond donors (Lipinski definition) is 2. The van der Waals surface area contributed by atoms with Gasteiger partial charge in [-0.3, -0.25) is 14.0 Å². The van der Waals surface area contributed by atoms with E-state index in [4.69, 9.17) is 15.5 Å². The van der Waals surface area contributed by atoms with Crippen molar-refractivity contribution in [1.29, 1.82) is 0 Å². The topological polar surface area (TPSA) is 128 Å². The number of nitrogen functional groups attached to an aromatic ring is 1. The van der Waals surface area contributed by atoms with E-state index in [9.17, 15) is 9.59 Å². The Labute approximate surface area is 219 Å². The Kier molecular flexibility index (Phi) is 6.47. The van der Waals surface area contributed by atoms with E-state index in [1.807, 2.05) is 33.7 Å². The molecule has 0 radical (unpaired) electrons. The van der Waals surface area contributed by atoms with Gasteiger partial charge in [-0.25, -0.2) is 15.0 Å². The van der Waals surface area contributed by atoms with E-state index in [2.05, 4.69) is 15.3 Å². The smallest absolute Gasteiger partial charge is 0.256 e. The number of fused-ring (bicyclic) bond motifs is 1. The molecule has 5 heterocycles. The van der Waals surface area contributed by atoms with Crippen molar-refractivity contribution in [2.75, 3.05) is 37.4 Å². The molecule has 10 nitrogen and oxygen atoms in total. The summed E-state index contributed by atoms with van der Waals surface area (Å²) in [4.78, 5) is 41.2. The van der Waals surface area contributed by atoms with Gasteiger partial charge in [0.05, 0.1) is 12.5 Å². The lowest BCUT2D eigenvalue weighted by molar-refractivity contribution is -0.136. The number of rotatable bonds is 5. The highest BCUT2D eigenvalue weighted by Gasteiger charge is 2.33. The van der Waals surface area contributed by atoms with Crippen LogP contribution in [0.1, 0.15) is 41.4 Å². The second kappa shape index (κ2) is 10.2. The fourth-order valence-corrected chi connectivity index (χ4v) is 5.36. The predicted octanol–water partition coefficient (Wildman–Crippen LogP) is 3.37. The first-order valence-electron chi connectivity index (χ1n) is 12.9. The van der Waals surface area contributed by atoms with Crippen LogP contribution in [0.4, 0.5) is 11.6 Å². The molecule has 2 unspecified atom stereocenters. The molecule has 4 aromatic rings. The number of pyridine rings is 1. The summed E-state index contributed by atoms with van der Waals surface area (Å²) in [7, 11) is 0. The number of nitrogens with one attached hydrogen (secondary N) is 1. The molecule has 6 rings (SSSR count). The number of likely N-dealkylation sites (tertiary alicyclic amines) is 1. The van der Waals surface area contributed by atoms with Crippen LogP contribution in [0, 0.1) is 5.92 Å². The van der Waals surface area contributed by atoms with Gasteiger partial charge in [0.25, 0.3) is 5.91 Å². The van der Waals surface area contributed by atoms with Crippen LogP contribution < -0.4 is 11.1 Å². The van der Waals surface area contributed by atoms with Gasteiger partial charge in [-0.2, -0.15) is 0 Å². The van der Waals surface area contributed by atoms with Crippen molar-refractivity contribution in [3.63, 3.8) is 0 Å². The van der Waals surface area contributed by atoms with Crippen LogP contribution in [0.5, 0.6) is 0 Å². The third-order valence-electron chi connectivity index (χ3n) is 7.31. The summed E-state index contributed by atoms with van der Waals surface area (Å²) in [6.45, 7) is 2.53. The molecule has 3 N–H and O–H groups in total. The van der Waals surface area contributed by atoms with Crippen molar-refractivity contribution < 1.29 is 14.3 Å². The molecule has 2 atom stereocenters. The number of amides is 2. The number of benzene rings is 1. The Morgan fingerprint density at radius 2 is 1.92 bits per heavy atom. The lowest BCUT2D eigenvalue weighted by Gasteiger charge is -2.33. The van der Waals surface area contributed by atoms with Crippen molar-refractivity contribution in [2.45, 2.75) is 25.2 Å². The average molecular weight is 512 g/mol. The molecular formula is C28H29N7O3. The number of carbonyl (C=O) groups excluding carboxylic acids is 2. The first kappa shape index (κ1) is 24.1. The van der Waals surface area contributed by atoms with Gasteiger partial charge >= 0.3 is 0 Å². The fraction of sp³-hybridized carbons (Fsp3) is 0.321. The summed E-state index contributed by atoms with van der Waals surface area (Å²) < 4.78 is 7.44. The Morgan fingerprint density at radius 3 is 2.68 bits per heavy atom. The van der Waals surface area contributed by atoms with Crippen LogP contribution in [0.3, 0.4) is 0 Å². The lowest BCUT2D eigenvalue weighted by atomic mass is 9.95. The Morgan fingerprint density at radius 1 is 1.05 bits per heavy atom. The number of anilines is 2. The summed E-state index contributed by atoms with van der Waals surface area (Å²) in [5, 5.41) is 2.80. The number of aromatic nitrogens is 4. The summed E-state index contributed by atoms with van der Waals surface area (Å²) in [6.07, 6.45) is 7.80. The Balaban J connectivity index is 1.28. The van der Waals surface area contributed by atoms with Crippen LogP contribution in [-0.4, -0.2) is 62.4 Å². The standard InChI is InChI=1S/C28H29N7O3/c29-25-24-23(18-6-8-19(9-7-18)27(36)32-22-5-1-2-11-30-22)33-26(35(24)14-12-31-25)20-4-3-13-34(16-20)28(37)21-10-15-38-17-21/h1-2,5-9,11-12,14,20-21H,3-4,10,13,15-17H2,(H2,29,31)(H,30,32,36). The number of nitrogens with two attached hydrogens (primary N) is 1. The predicted molar refractivity (Wildman–Crippen MR) is 143 cm³/mol. The number of hydrogen-bond acceptors (Lipinski definition) is 7. The molecular weight excluding hydrogens is 482 g/mol. The minimum absolute atomic E-state index is 0.0467. The molecule has 0 spiro atoms. The maximum atomic E-state index is 13.1. The van der Waals surface area contributed by atoms with Crippen molar-refractivity contribution in [3.8, 4) is 11.3 Å². The molecule has 194 valence electrons. The van der Waals surface area contributed by atoms with E-state index >= 15 is 0 Å². The van der Waals surface area contributed by atoms with Gasteiger partial charge in [0.1, 0.15) is 28.7 Å². The van der Waals surface area contributed by atoms with Crippen LogP contribution >= 0.6 is 0 Å². The number of nitrogens with zero attached hydrogens (tertiary/aromatic N) is 5. The van der Waals surface area contributed by atoms with Crippen LogP contribution in [0.2, 0.25) is 0 Å². The molecule has 38 heavy (non-hydrogen) atoms. The van der Waals surface area contributed by atoms with Crippen LogP contribution in [-0.2, 0) is 9.53 Å². The van der Waals surface area contributed by atoms with Crippen molar-refractivity contribution in [3.05, 3.63) is 72.4 Å². The summed E-state index contributed by atoms with van der Waals surface area (Å²) in [5.41, 5.74) is 9.10. The van der Waals surface area contributed by atoms with Gasteiger partial charge < -0.3 is 20.7 Å². The van der Waals surface area contributed by atoms with E-state index in [0.717, 1.165) is 42.7 Å². The largest absolute Gasteiger partial charge is 0.382 e. The number of piperidine rings is 1. The minimum atomic E-state index is -0.244. The van der Waals surface area contributed by atoms with E-state index in [0.29, 0.717) is 42.7 Å². The number of carbonyl (C=O) groups is 2. The third-order valence-corrected chi connectivity index (χ3v) is 7.31. The zero-order valence-corrected chi connectivity index (χ0v) is 20.9. The zero-order chi connectivity index (χ0) is 26.1. The second-order valence-corrected chi connectivity index (χ2v) is 9.78. The van der Waals surface area contributed by atoms with Gasteiger partial charge in [0.2, 0.25) is 5.91 Å². The molecule has 2 aliphatic heterocycles. The highest BCUT2D eigenvalue weighted by molar-refractivity contribution is 6.04.